The van der Waals surface area contributed by atoms with Crippen molar-refractivity contribution in [2.75, 3.05) is 19.6 Å². The number of amides is 4. The Balaban J connectivity index is 1.42. The molecule has 1 aromatic carbocycles. The molecule has 24 heavy (non-hydrogen) atoms. The number of urea groups is 1. The average Bonchev–Trinajstić information content (AvgIpc) is 2.94. The van der Waals surface area contributed by atoms with Crippen LogP contribution in [0.15, 0.2) is 30.3 Å². The molecule has 0 saturated carbocycles. The topological polar surface area (TPSA) is 69.7 Å². The van der Waals surface area contributed by atoms with E-state index in [1.807, 2.05) is 23.1 Å². The molecule has 3 rings (SSSR count). The molecule has 1 aromatic rings. The van der Waals surface area contributed by atoms with Gasteiger partial charge in [0, 0.05) is 25.6 Å². The van der Waals surface area contributed by atoms with Crippen molar-refractivity contribution in [3.05, 3.63) is 35.9 Å². The third kappa shape index (κ3) is 3.75. The molecule has 0 aromatic heterocycles. The number of imide groups is 1. The van der Waals surface area contributed by atoms with E-state index in [0.717, 1.165) is 12.8 Å². The van der Waals surface area contributed by atoms with Crippen molar-refractivity contribution >= 4 is 17.8 Å². The Morgan fingerprint density at radius 2 is 1.83 bits per heavy atom. The van der Waals surface area contributed by atoms with Crippen LogP contribution in [0.1, 0.15) is 31.2 Å². The molecule has 0 spiro atoms. The molecule has 0 bridgehead atoms. The Bertz CT molecular complexity index is 593. The van der Waals surface area contributed by atoms with Crippen molar-refractivity contribution in [3.63, 3.8) is 0 Å². The number of aryl methyl sites for hydroxylation is 1. The number of hydrogen-bond donors (Lipinski definition) is 1. The summed E-state index contributed by atoms with van der Waals surface area (Å²) >= 11 is 0. The molecule has 1 N–H and O–H groups in total. The van der Waals surface area contributed by atoms with Crippen molar-refractivity contribution in [2.24, 2.45) is 0 Å². The van der Waals surface area contributed by atoms with Crippen LogP contribution < -0.4 is 5.32 Å². The predicted octanol–water partition coefficient (Wildman–Crippen LogP) is 1.55. The van der Waals surface area contributed by atoms with E-state index in [4.69, 9.17) is 0 Å². The zero-order valence-corrected chi connectivity index (χ0v) is 13.7. The molecule has 128 valence electrons. The SMILES string of the molecule is O=C(CCCc1ccccc1)N1CCC(N2C(=O)CNC2=O)CC1. The summed E-state index contributed by atoms with van der Waals surface area (Å²) < 4.78 is 0. The summed E-state index contributed by atoms with van der Waals surface area (Å²) in [5, 5.41) is 2.55. The quantitative estimate of drug-likeness (QED) is 0.833. The highest BCUT2D eigenvalue weighted by Crippen LogP contribution is 2.20. The molecule has 2 heterocycles. The van der Waals surface area contributed by atoms with E-state index in [0.29, 0.717) is 32.4 Å². The zero-order valence-electron chi connectivity index (χ0n) is 13.7. The largest absolute Gasteiger partial charge is 0.343 e. The van der Waals surface area contributed by atoms with Gasteiger partial charge < -0.3 is 10.2 Å². The van der Waals surface area contributed by atoms with Gasteiger partial charge in [0.1, 0.15) is 0 Å². The number of hydrogen-bond acceptors (Lipinski definition) is 3. The van der Waals surface area contributed by atoms with Crippen LogP contribution >= 0.6 is 0 Å². The lowest BCUT2D eigenvalue weighted by Gasteiger charge is -2.35. The Hall–Kier alpha value is -2.37. The van der Waals surface area contributed by atoms with E-state index in [1.54, 1.807) is 0 Å². The summed E-state index contributed by atoms with van der Waals surface area (Å²) in [6.45, 7) is 1.33. The van der Waals surface area contributed by atoms with Gasteiger partial charge in [-0.25, -0.2) is 4.79 Å². The van der Waals surface area contributed by atoms with Crippen LogP contribution in [0.4, 0.5) is 4.79 Å². The van der Waals surface area contributed by atoms with Gasteiger partial charge in [-0.2, -0.15) is 0 Å². The molecule has 0 radical (unpaired) electrons. The third-order valence-corrected chi connectivity index (χ3v) is 4.76. The molecule has 0 atom stereocenters. The summed E-state index contributed by atoms with van der Waals surface area (Å²) in [5.74, 6) is 0.00854. The third-order valence-electron chi connectivity index (χ3n) is 4.76. The van der Waals surface area contributed by atoms with Gasteiger partial charge in [0.2, 0.25) is 11.8 Å². The molecule has 4 amide bonds. The van der Waals surface area contributed by atoms with E-state index >= 15 is 0 Å². The van der Waals surface area contributed by atoms with Crippen molar-refractivity contribution in [3.8, 4) is 0 Å². The fourth-order valence-corrected chi connectivity index (χ4v) is 3.42. The molecule has 0 aliphatic carbocycles. The van der Waals surface area contributed by atoms with E-state index in [-0.39, 0.29) is 30.4 Å². The lowest BCUT2D eigenvalue weighted by molar-refractivity contribution is -0.133. The Morgan fingerprint density at radius 1 is 1.12 bits per heavy atom. The zero-order chi connectivity index (χ0) is 16.9. The number of piperidine rings is 1. The molecule has 6 nitrogen and oxygen atoms in total. The second-order valence-electron chi connectivity index (χ2n) is 6.37. The smallest absolute Gasteiger partial charge is 0.324 e. The lowest BCUT2D eigenvalue weighted by atomic mass is 10.0. The molecule has 0 unspecified atom stereocenters. The fourth-order valence-electron chi connectivity index (χ4n) is 3.42. The van der Waals surface area contributed by atoms with Crippen LogP contribution in [0.5, 0.6) is 0 Å². The van der Waals surface area contributed by atoms with Crippen molar-refractivity contribution in [1.29, 1.82) is 0 Å². The van der Waals surface area contributed by atoms with Crippen LogP contribution in [-0.4, -0.2) is 53.3 Å². The monoisotopic (exact) mass is 329 g/mol. The standard InChI is InChI=1S/C18H23N3O3/c22-16(8-4-7-14-5-2-1-3-6-14)20-11-9-15(10-12-20)21-17(23)13-19-18(21)24/h1-3,5-6,15H,4,7-13H2,(H,19,24). The van der Waals surface area contributed by atoms with Crippen LogP contribution in [0.25, 0.3) is 0 Å². The number of nitrogens with one attached hydrogen (secondary N) is 1. The molecule has 6 heteroatoms. The van der Waals surface area contributed by atoms with Gasteiger partial charge in [-0.05, 0) is 31.2 Å². The maximum Gasteiger partial charge on any atom is 0.324 e. The molecule has 2 saturated heterocycles. The van der Waals surface area contributed by atoms with Crippen LogP contribution in [0.2, 0.25) is 0 Å². The predicted molar refractivity (Wildman–Crippen MR) is 89.2 cm³/mol. The van der Waals surface area contributed by atoms with Gasteiger partial charge >= 0.3 is 6.03 Å². The molecular weight excluding hydrogens is 306 g/mol. The number of rotatable bonds is 5. The molecule has 2 aliphatic heterocycles. The van der Waals surface area contributed by atoms with E-state index in [9.17, 15) is 14.4 Å². The minimum absolute atomic E-state index is 0.0756. The summed E-state index contributed by atoms with van der Waals surface area (Å²) in [7, 11) is 0. The minimum atomic E-state index is -0.298. The number of benzene rings is 1. The van der Waals surface area contributed by atoms with Gasteiger partial charge in [0.05, 0.1) is 6.54 Å². The molecule has 2 fully saturated rings. The van der Waals surface area contributed by atoms with Gasteiger partial charge in [0.15, 0.2) is 0 Å². The van der Waals surface area contributed by atoms with Crippen LogP contribution in [0.3, 0.4) is 0 Å². The second kappa shape index (κ2) is 7.47. The summed E-state index contributed by atoms with van der Waals surface area (Å²) in [4.78, 5) is 38.9. The maximum absolute atomic E-state index is 12.3. The van der Waals surface area contributed by atoms with E-state index < -0.39 is 0 Å². The van der Waals surface area contributed by atoms with E-state index in [2.05, 4.69) is 17.4 Å². The van der Waals surface area contributed by atoms with Crippen molar-refractivity contribution in [1.82, 2.24) is 15.1 Å². The number of nitrogens with zero attached hydrogens (tertiary/aromatic N) is 2. The molecular formula is C18H23N3O3. The lowest BCUT2D eigenvalue weighted by Crippen LogP contribution is -2.49. The number of carbonyl (C=O) groups excluding carboxylic acids is 3. The van der Waals surface area contributed by atoms with Gasteiger partial charge in [-0.15, -0.1) is 0 Å². The summed E-state index contributed by atoms with van der Waals surface area (Å²) in [6, 6.07) is 9.79. The second-order valence-corrected chi connectivity index (χ2v) is 6.37. The van der Waals surface area contributed by atoms with Crippen molar-refractivity contribution in [2.45, 2.75) is 38.1 Å². The highest BCUT2D eigenvalue weighted by Gasteiger charge is 2.37. The Labute approximate surface area is 141 Å². The first-order valence-electron chi connectivity index (χ1n) is 8.57. The van der Waals surface area contributed by atoms with Gasteiger partial charge in [-0.3, -0.25) is 14.5 Å². The summed E-state index contributed by atoms with van der Waals surface area (Å²) in [6.07, 6.45) is 3.64. The van der Waals surface area contributed by atoms with Crippen molar-refractivity contribution < 1.29 is 14.4 Å². The van der Waals surface area contributed by atoms with Gasteiger partial charge in [-0.1, -0.05) is 30.3 Å². The van der Waals surface area contributed by atoms with Crippen LogP contribution in [-0.2, 0) is 16.0 Å². The number of likely N-dealkylation sites (tertiary alicyclic amines) is 1. The van der Waals surface area contributed by atoms with Gasteiger partial charge in [0.25, 0.3) is 0 Å². The molecule has 2 aliphatic rings. The Kier molecular flexibility index (Phi) is 5.13. The Morgan fingerprint density at radius 3 is 2.46 bits per heavy atom. The van der Waals surface area contributed by atoms with E-state index in [1.165, 1.54) is 10.5 Å². The average molecular weight is 329 g/mol. The summed E-state index contributed by atoms with van der Waals surface area (Å²) in [5.41, 5.74) is 1.25. The minimum Gasteiger partial charge on any atom is -0.343 e. The fraction of sp³-hybridized carbons (Fsp3) is 0.500. The highest BCUT2D eigenvalue weighted by molar-refractivity contribution is 6.02. The highest BCUT2D eigenvalue weighted by atomic mass is 16.2. The normalized spacial score (nSPS) is 18.8. The van der Waals surface area contributed by atoms with Crippen LogP contribution in [0, 0.1) is 0 Å². The number of carbonyl (C=O) groups is 3. The first-order valence-corrected chi connectivity index (χ1v) is 8.57. The first-order chi connectivity index (χ1) is 11.6. The first kappa shape index (κ1) is 16.5. The maximum atomic E-state index is 12.3.